The van der Waals surface area contributed by atoms with Gasteiger partial charge in [-0.25, -0.2) is 4.39 Å². The van der Waals surface area contributed by atoms with Crippen molar-refractivity contribution < 1.29 is 9.18 Å². The summed E-state index contributed by atoms with van der Waals surface area (Å²) in [6, 6.07) is 5.44. The summed E-state index contributed by atoms with van der Waals surface area (Å²) < 4.78 is 14.5. The Bertz CT molecular complexity index is 572. The number of nitrogens with zero attached hydrogens (tertiary/aromatic N) is 3. The van der Waals surface area contributed by atoms with Crippen molar-refractivity contribution in [2.24, 2.45) is 0 Å². The number of halogens is 1. The molecule has 3 rings (SSSR count). The Morgan fingerprint density at radius 2 is 1.83 bits per heavy atom. The van der Waals surface area contributed by atoms with Gasteiger partial charge < -0.3 is 9.80 Å². The van der Waals surface area contributed by atoms with Crippen molar-refractivity contribution in [1.82, 2.24) is 9.80 Å². The van der Waals surface area contributed by atoms with E-state index in [4.69, 9.17) is 0 Å². The predicted molar refractivity (Wildman–Crippen MR) is 94.6 cm³/mol. The van der Waals surface area contributed by atoms with Crippen LogP contribution in [0.25, 0.3) is 0 Å². The van der Waals surface area contributed by atoms with E-state index in [0.717, 1.165) is 56.9 Å². The molecule has 1 amide bonds. The predicted octanol–water partition coefficient (Wildman–Crippen LogP) is 2.87. The SMILES string of the molecule is CCC(=O)N1CCCN(Cc2c(F)cccc2N2CCCC2)CC1. The maximum atomic E-state index is 14.5. The molecule has 0 aliphatic carbocycles. The average Bonchev–Trinajstić information content (AvgIpc) is 3.02. The zero-order valence-corrected chi connectivity index (χ0v) is 14.6. The van der Waals surface area contributed by atoms with E-state index in [0.29, 0.717) is 13.0 Å². The maximum absolute atomic E-state index is 14.5. The third-order valence-electron chi connectivity index (χ3n) is 5.17. The van der Waals surface area contributed by atoms with Crippen LogP contribution in [0.4, 0.5) is 10.1 Å². The number of hydrogen-bond acceptors (Lipinski definition) is 3. The topological polar surface area (TPSA) is 26.8 Å². The van der Waals surface area contributed by atoms with Gasteiger partial charge in [0, 0.05) is 63.5 Å². The monoisotopic (exact) mass is 333 g/mol. The van der Waals surface area contributed by atoms with Crippen LogP contribution < -0.4 is 4.90 Å². The first-order chi connectivity index (χ1) is 11.7. The second-order valence-corrected chi connectivity index (χ2v) is 6.80. The first kappa shape index (κ1) is 17.2. The van der Waals surface area contributed by atoms with Crippen LogP contribution in [0.3, 0.4) is 0 Å². The minimum atomic E-state index is -0.106. The van der Waals surface area contributed by atoms with E-state index in [1.54, 1.807) is 6.07 Å². The number of carbonyl (C=O) groups is 1. The highest BCUT2D eigenvalue weighted by molar-refractivity contribution is 5.75. The van der Waals surface area contributed by atoms with Crippen molar-refractivity contribution in [2.45, 2.75) is 39.2 Å². The average molecular weight is 333 g/mol. The number of amides is 1. The van der Waals surface area contributed by atoms with E-state index < -0.39 is 0 Å². The van der Waals surface area contributed by atoms with Gasteiger partial charge in [0.25, 0.3) is 0 Å². The molecule has 24 heavy (non-hydrogen) atoms. The smallest absolute Gasteiger partial charge is 0.222 e. The van der Waals surface area contributed by atoms with Crippen molar-refractivity contribution in [1.29, 1.82) is 0 Å². The summed E-state index contributed by atoms with van der Waals surface area (Å²) >= 11 is 0. The van der Waals surface area contributed by atoms with E-state index >= 15 is 0 Å². The van der Waals surface area contributed by atoms with Gasteiger partial charge in [0.2, 0.25) is 5.91 Å². The molecule has 0 spiro atoms. The largest absolute Gasteiger partial charge is 0.371 e. The fraction of sp³-hybridized carbons (Fsp3) is 0.632. The number of anilines is 1. The molecule has 0 aromatic heterocycles. The Hall–Kier alpha value is -1.62. The molecule has 2 saturated heterocycles. The van der Waals surface area contributed by atoms with E-state index in [1.807, 2.05) is 17.9 Å². The van der Waals surface area contributed by atoms with Gasteiger partial charge in [-0.15, -0.1) is 0 Å². The van der Waals surface area contributed by atoms with Gasteiger partial charge in [-0.3, -0.25) is 9.69 Å². The lowest BCUT2D eigenvalue weighted by Crippen LogP contribution is -2.34. The van der Waals surface area contributed by atoms with Crippen LogP contribution in [0.2, 0.25) is 0 Å². The highest BCUT2D eigenvalue weighted by Gasteiger charge is 2.22. The zero-order valence-electron chi connectivity index (χ0n) is 14.6. The molecule has 132 valence electrons. The molecule has 2 fully saturated rings. The van der Waals surface area contributed by atoms with Gasteiger partial charge in [0.05, 0.1) is 0 Å². The summed E-state index contributed by atoms with van der Waals surface area (Å²) in [4.78, 5) is 18.5. The summed E-state index contributed by atoms with van der Waals surface area (Å²) in [5, 5.41) is 0. The number of benzene rings is 1. The van der Waals surface area contributed by atoms with Crippen molar-refractivity contribution >= 4 is 11.6 Å². The minimum Gasteiger partial charge on any atom is -0.371 e. The molecule has 0 atom stereocenters. The first-order valence-electron chi connectivity index (χ1n) is 9.21. The molecule has 0 unspecified atom stereocenters. The maximum Gasteiger partial charge on any atom is 0.222 e. The minimum absolute atomic E-state index is 0.106. The van der Waals surface area contributed by atoms with Crippen LogP contribution in [0.15, 0.2) is 18.2 Å². The third kappa shape index (κ3) is 3.89. The molecule has 2 aliphatic heterocycles. The van der Waals surface area contributed by atoms with E-state index in [9.17, 15) is 9.18 Å². The molecule has 5 heteroatoms. The number of hydrogen-bond donors (Lipinski definition) is 0. The van der Waals surface area contributed by atoms with Gasteiger partial charge >= 0.3 is 0 Å². The molecule has 4 nitrogen and oxygen atoms in total. The molecule has 2 aliphatic rings. The normalized spacial score (nSPS) is 19.6. The van der Waals surface area contributed by atoms with Crippen molar-refractivity contribution in [3.63, 3.8) is 0 Å². The lowest BCUT2D eigenvalue weighted by Gasteiger charge is -2.26. The Labute approximate surface area is 144 Å². The van der Waals surface area contributed by atoms with Crippen LogP contribution in [0.1, 0.15) is 38.2 Å². The van der Waals surface area contributed by atoms with Crippen molar-refractivity contribution in [3.05, 3.63) is 29.6 Å². The number of carbonyl (C=O) groups excluding carboxylic acids is 1. The van der Waals surface area contributed by atoms with E-state index in [1.165, 1.54) is 12.8 Å². The van der Waals surface area contributed by atoms with Crippen LogP contribution >= 0.6 is 0 Å². The van der Waals surface area contributed by atoms with Crippen LogP contribution in [0.5, 0.6) is 0 Å². The quantitative estimate of drug-likeness (QED) is 0.848. The lowest BCUT2D eigenvalue weighted by molar-refractivity contribution is -0.130. The molecule has 0 N–H and O–H groups in total. The van der Waals surface area contributed by atoms with Gasteiger partial charge in [-0.05, 0) is 31.4 Å². The summed E-state index contributed by atoms with van der Waals surface area (Å²) in [5.74, 6) is 0.116. The number of rotatable bonds is 4. The third-order valence-corrected chi connectivity index (χ3v) is 5.17. The Morgan fingerprint density at radius 3 is 2.58 bits per heavy atom. The summed E-state index contributed by atoms with van der Waals surface area (Å²) in [6.45, 7) is 7.89. The standard InChI is InChI=1S/C19H28FN3O/c1-2-19(24)23-12-6-9-21(13-14-23)15-16-17(20)7-5-8-18(16)22-10-3-4-11-22/h5,7-8H,2-4,6,9-15H2,1H3. The Kier molecular flexibility index (Phi) is 5.72. The molecule has 1 aromatic rings. The molecule has 0 radical (unpaired) electrons. The van der Waals surface area contributed by atoms with E-state index in [-0.39, 0.29) is 11.7 Å². The highest BCUT2D eigenvalue weighted by atomic mass is 19.1. The summed E-state index contributed by atoms with van der Waals surface area (Å²) in [7, 11) is 0. The molecule has 1 aromatic carbocycles. The van der Waals surface area contributed by atoms with Crippen LogP contribution in [-0.4, -0.2) is 55.0 Å². The van der Waals surface area contributed by atoms with Gasteiger partial charge in [0.15, 0.2) is 0 Å². The van der Waals surface area contributed by atoms with E-state index in [2.05, 4.69) is 15.9 Å². The summed E-state index contributed by atoms with van der Waals surface area (Å²) in [5.41, 5.74) is 1.87. The fourth-order valence-corrected chi connectivity index (χ4v) is 3.78. The lowest BCUT2D eigenvalue weighted by atomic mass is 10.1. The Balaban J connectivity index is 1.70. The van der Waals surface area contributed by atoms with Crippen LogP contribution in [0, 0.1) is 5.82 Å². The Morgan fingerprint density at radius 1 is 1.04 bits per heavy atom. The molecule has 0 bridgehead atoms. The van der Waals surface area contributed by atoms with Crippen molar-refractivity contribution in [3.8, 4) is 0 Å². The van der Waals surface area contributed by atoms with Crippen LogP contribution in [-0.2, 0) is 11.3 Å². The second-order valence-electron chi connectivity index (χ2n) is 6.80. The summed E-state index contributed by atoms with van der Waals surface area (Å²) in [6.07, 6.45) is 3.90. The first-order valence-corrected chi connectivity index (χ1v) is 9.21. The zero-order chi connectivity index (χ0) is 16.9. The molecule has 2 heterocycles. The highest BCUT2D eigenvalue weighted by Crippen LogP contribution is 2.28. The molecular weight excluding hydrogens is 305 g/mol. The fourth-order valence-electron chi connectivity index (χ4n) is 3.78. The van der Waals surface area contributed by atoms with Gasteiger partial charge in [-0.1, -0.05) is 13.0 Å². The van der Waals surface area contributed by atoms with Gasteiger partial charge in [-0.2, -0.15) is 0 Å². The molecular formula is C19H28FN3O. The molecule has 0 saturated carbocycles. The second kappa shape index (κ2) is 7.97. The van der Waals surface area contributed by atoms with Gasteiger partial charge in [0.1, 0.15) is 5.82 Å². The van der Waals surface area contributed by atoms with Crippen molar-refractivity contribution in [2.75, 3.05) is 44.2 Å².